The minimum atomic E-state index is -0.991. The van der Waals surface area contributed by atoms with E-state index in [0.29, 0.717) is 5.82 Å². The first-order valence-electron chi connectivity index (χ1n) is 5.15. The predicted molar refractivity (Wildman–Crippen MR) is 64.9 cm³/mol. The molecule has 17 heavy (non-hydrogen) atoms. The first kappa shape index (κ1) is 11.2. The topological polar surface area (TPSA) is 58.4 Å². The summed E-state index contributed by atoms with van der Waals surface area (Å²) in [7, 11) is 3.65. The molecule has 1 heterocycles. The highest BCUT2D eigenvalue weighted by atomic mass is 16.4. The molecule has 0 atom stereocenters. The molecule has 1 N–H and O–H groups in total. The molecule has 0 aliphatic carbocycles. The molecule has 0 fully saturated rings. The van der Waals surface area contributed by atoms with Gasteiger partial charge >= 0.3 is 5.97 Å². The third-order valence-corrected chi connectivity index (χ3v) is 2.37. The average molecular weight is 231 g/mol. The molecule has 2 aromatic rings. The Morgan fingerprint density at radius 1 is 1.29 bits per heavy atom. The zero-order valence-electron chi connectivity index (χ0n) is 9.66. The van der Waals surface area contributed by atoms with Crippen LogP contribution in [0.5, 0.6) is 0 Å². The average Bonchev–Trinajstić information content (AvgIpc) is 2.75. The Labute approximate surface area is 98.9 Å². The van der Waals surface area contributed by atoms with Crippen LogP contribution in [0.2, 0.25) is 0 Å². The number of rotatable bonds is 3. The molecule has 5 heteroatoms. The molecule has 5 nitrogen and oxygen atoms in total. The van der Waals surface area contributed by atoms with Crippen molar-refractivity contribution in [3.63, 3.8) is 0 Å². The number of aromatic carboxylic acids is 1. The fourth-order valence-corrected chi connectivity index (χ4v) is 1.51. The number of nitrogens with zero attached hydrogens (tertiary/aromatic N) is 3. The van der Waals surface area contributed by atoms with Gasteiger partial charge in [-0.3, -0.25) is 0 Å². The summed E-state index contributed by atoms with van der Waals surface area (Å²) in [6.07, 6.45) is 0. The summed E-state index contributed by atoms with van der Waals surface area (Å²) < 4.78 is 1.43. The first-order valence-corrected chi connectivity index (χ1v) is 5.15. The maximum absolute atomic E-state index is 11.2. The molecule has 1 aromatic carbocycles. The van der Waals surface area contributed by atoms with Gasteiger partial charge in [-0.25, -0.2) is 9.48 Å². The predicted octanol–water partition coefficient (Wildman–Crippen LogP) is 1.64. The second-order valence-electron chi connectivity index (χ2n) is 3.83. The molecule has 0 bridgehead atoms. The first-order chi connectivity index (χ1) is 8.09. The third-order valence-electron chi connectivity index (χ3n) is 2.37. The van der Waals surface area contributed by atoms with Gasteiger partial charge in [0.05, 0.1) is 5.69 Å². The van der Waals surface area contributed by atoms with E-state index < -0.39 is 5.97 Å². The number of anilines is 1. The van der Waals surface area contributed by atoms with Crippen molar-refractivity contribution in [1.29, 1.82) is 0 Å². The van der Waals surface area contributed by atoms with E-state index in [1.54, 1.807) is 11.0 Å². The van der Waals surface area contributed by atoms with Gasteiger partial charge in [0, 0.05) is 20.2 Å². The molecule has 0 spiro atoms. The highest BCUT2D eigenvalue weighted by Gasteiger charge is 2.16. The van der Waals surface area contributed by atoms with E-state index in [1.807, 2.05) is 44.4 Å². The number of aromatic nitrogens is 2. The van der Waals surface area contributed by atoms with Crippen molar-refractivity contribution in [3.8, 4) is 5.69 Å². The Morgan fingerprint density at radius 2 is 1.94 bits per heavy atom. The van der Waals surface area contributed by atoms with Crippen LogP contribution in [0.15, 0.2) is 36.4 Å². The number of carboxylic acids is 1. The van der Waals surface area contributed by atoms with Crippen molar-refractivity contribution in [1.82, 2.24) is 9.78 Å². The van der Waals surface area contributed by atoms with Crippen molar-refractivity contribution in [2.45, 2.75) is 0 Å². The molecule has 0 saturated heterocycles. The van der Waals surface area contributed by atoms with Gasteiger partial charge in [-0.15, -0.1) is 5.10 Å². The highest BCUT2D eigenvalue weighted by Crippen LogP contribution is 2.17. The molecule has 0 aliphatic rings. The normalized spacial score (nSPS) is 10.2. The summed E-state index contributed by atoms with van der Waals surface area (Å²) in [5.41, 5.74) is 0.887. The van der Waals surface area contributed by atoms with Crippen LogP contribution >= 0.6 is 0 Å². The van der Waals surface area contributed by atoms with Crippen molar-refractivity contribution in [3.05, 3.63) is 42.1 Å². The summed E-state index contributed by atoms with van der Waals surface area (Å²) in [6.45, 7) is 0. The van der Waals surface area contributed by atoms with Crippen LogP contribution in [0.25, 0.3) is 5.69 Å². The zero-order chi connectivity index (χ0) is 12.4. The summed E-state index contributed by atoms with van der Waals surface area (Å²) in [6, 6.07) is 10.8. The van der Waals surface area contributed by atoms with Gasteiger partial charge in [-0.05, 0) is 12.1 Å². The van der Waals surface area contributed by atoms with Crippen LogP contribution in [0.3, 0.4) is 0 Å². The molecule has 0 unspecified atom stereocenters. The zero-order valence-corrected chi connectivity index (χ0v) is 9.66. The van der Waals surface area contributed by atoms with Gasteiger partial charge in [0.2, 0.25) is 0 Å². The van der Waals surface area contributed by atoms with Gasteiger partial charge in [-0.1, -0.05) is 18.2 Å². The quantitative estimate of drug-likeness (QED) is 0.872. The van der Waals surface area contributed by atoms with Crippen LogP contribution in [0.4, 0.5) is 5.82 Å². The van der Waals surface area contributed by atoms with Gasteiger partial charge < -0.3 is 10.0 Å². The molecule has 0 radical (unpaired) electrons. The number of hydrogen-bond acceptors (Lipinski definition) is 3. The second kappa shape index (κ2) is 4.29. The lowest BCUT2D eigenvalue weighted by molar-refractivity contribution is 0.0687. The van der Waals surface area contributed by atoms with Crippen LogP contribution in [0.1, 0.15) is 10.5 Å². The second-order valence-corrected chi connectivity index (χ2v) is 3.83. The molecule has 0 saturated carbocycles. The number of carboxylic acid groups (broad SMARTS) is 1. The Hall–Kier alpha value is -2.30. The van der Waals surface area contributed by atoms with Crippen molar-refractivity contribution >= 4 is 11.8 Å². The van der Waals surface area contributed by atoms with Crippen molar-refractivity contribution in [2.24, 2.45) is 0 Å². The molecular formula is C12H13N3O2. The van der Waals surface area contributed by atoms with Gasteiger partial charge in [0.25, 0.3) is 0 Å². The fraction of sp³-hybridized carbons (Fsp3) is 0.167. The smallest absolute Gasteiger partial charge is 0.354 e. The number of para-hydroxylation sites is 1. The number of hydrogen-bond donors (Lipinski definition) is 1. The molecule has 1 aromatic heterocycles. The summed E-state index contributed by atoms with van der Waals surface area (Å²) in [5.74, 6) is -0.374. The van der Waals surface area contributed by atoms with E-state index in [4.69, 9.17) is 5.11 Å². The van der Waals surface area contributed by atoms with E-state index in [-0.39, 0.29) is 5.69 Å². The van der Waals surface area contributed by atoms with Crippen LogP contribution in [-0.4, -0.2) is 35.0 Å². The van der Waals surface area contributed by atoms with Gasteiger partial charge in [0.1, 0.15) is 0 Å². The van der Waals surface area contributed by atoms with Crippen molar-refractivity contribution in [2.75, 3.05) is 19.0 Å². The Balaban J connectivity index is 2.56. The SMILES string of the molecule is CN(C)c1cc(C(=O)O)n(-c2ccccc2)n1. The molecule has 2 rings (SSSR count). The maximum atomic E-state index is 11.2. The lowest BCUT2D eigenvalue weighted by Crippen LogP contribution is -2.10. The fourth-order valence-electron chi connectivity index (χ4n) is 1.51. The number of benzene rings is 1. The van der Waals surface area contributed by atoms with E-state index >= 15 is 0 Å². The summed E-state index contributed by atoms with van der Waals surface area (Å²) in [4.78, 5) is 12.9. The lowest BCUT2D eigenvalue weighted by Gasteiger charge is -2.06. The summed E-state index contributed by atoms with van der Waals surface area (Å²) in [5, 5.41) is 13.4. The van der Waals surface area contributed by atoms with Gasteiger partial charge in [-0.2, -0.15) is 0 Å². The standard InChI is InChI=1S/C12H13N3O2/c1-14(2)11-8-10(12(16)17)15(13-11)9-6-4-3-5-7-9/h3-8H,1-2H3,(H,16,17). The van der Waals surface area contributed by atoms with Crippen LogP contribution in [-0.2, 0) is 0 Å². The maximum Gasteiger partial charge on any atom is 0.354 e. The summed E-state index contributed by atoms with van der Waals surface area (Å²) >= 11 is 0. The van der Waals surface area contributed by atoms with Crippen LogP contribution < -0.4 is 4.90 Å². The lowest BCUT2D eigenvalue weighted by atomic mass is 10.3. The Kier molecular flexibility index (Phi) is 2.82. The monoisotopic (exact) mass is 231 g/mol. The van der Waals surface area contributed by atoms with E-state index in [1.165, 1.54) is 4.68 Å². The van der Waals surface area contributed by atoms with E-state index in [9.17, 15) is 4.79 Å². The van der Waals surface area contributed by atoms with E-state index in [2.05, 4.69) is 5.10 Å². The number of carbonyl (C=O) groups is 1. The largest absolute Gasteiger partial charge is 0.477 e. The van der Waals surface area contributed by atoms with Crippen molar-refractivity contribution < 1.29 is 9.90 Å². The highest BCUT2D eigenvalue weighted by molar-refractivity contribution is 5.87. The molecular weight excluding hydrogens is 218 g/mol. The van der Waals surface area contributed by atoms with Gasteiger partial charge in [0.15, 0.2) is 11.5 Å². The van der Waals surface area contributed by atoms with Crippen LogP contribution in [0, 0.1) is 0 Å². The third kappa shape index (κ3) is 2.13. The minimum absolute atomic E-state index is 0.153. The Morgan fingerprint density at radius 3 is 2.47 bits per heavy atom. The Bertz CT molecular complexity index is 532. The minimum Gasteiger partial charge on any atom is -0.477 e. The molecule has 0 amide bonds. The van der Waals surface area contributed by atoms with E-state index in [0.717, 1.165) is 5.69 Å². The molecule has 88 valence electrons. The molecule has 0 aliphatic heterocycles.